The summed E-state index contributed by atoms with van der Waals surface area (Å²) in [6.45, 7) is 0.0213. The van der Waals surface area contributed by atoms with Gasteiger partial charge in [-0.3, -0.25) is 10.1 Å². The molecule has 0 radical (unpaired) electrons. The van der Waals surface area contributed by atoms with E-state index in [1.807, 2.05) is 0 Å². The van der Waals surface area contributed by atoms with Gasteiger partial charge in [0, 0.05) is 17.5 Å². The molecule has 1 fully saturated rings. The van der Waals surface area contributed by atoms with Crippen molar-refractivity contribution in [2.24, 2.45) is 0 Å². The molecule has 1 aliphatic rings. The van der Waals surface area contributed by atoms with Gasteiger partial charge in [-0.2, -0.15) is 0 Å². The molecule has 1 aromatic carbocycles. The smallest absolute Gasteiger partial charge is 0.270 e. The number of hydrogen-bond acceptors (Lipinski definition) is 6. The molecule has 2 aromatic rings. The summed E-state index contributed by atoms with van der Waals surface area (Å²) in [5.74, 6) is 0.528. The number of aliphatic hydroxyl groups is 1. The van der Waals surface area contributed by atoms with Crippen LogP contribution in [0, 0.1) is 10.1 Å². The third-order valence-electron chi connectivity index (χ3n) is 3.37. The Labute approximate surface area is 108 Å². The number of aromatic nitrogens is 2. The molecule has 7 nitrogen and oxygen atoms in total. The van der Waals surface area contributed by atoms with E-state index in [4.69, 9.17) is 0 Å². The molecule has 19 heavy (non-hydrogen) atoms. The fraction of sp³-hybridized carbons (Fsp3) is 0.333. The van der Waals surface area contributed by atoms with E-state index < -0.39 is 4.92 Å². The van der Waals surface area contributed by atoms with Gasteiger partial charge in [0.2, 0.25) is 0 Å². The molecule has 98 valence electrons. The van der Waals surface area contributed by atoms with Crippen LogP contribution < -0.4 is 5.32 Å². The average Bonchev–Trinajstić information content (AvgIpc) is 3.19. The molecule has 0 unspecified atom stereocenters. The van der Waals surface area contributed by atoms with Crippen LogP contribution in [0.3, 0.4) is 0 Å². The first kappa shape index (κ1) is 11.8. The number of rotatable bonds is 4. The SMILES string of the molecule is O=[N+]([O-])c1ccc2ncnc(NC3(CO)CC3)c2c1. The summed E-state index contributed by atoms with van der Waals surface area (Å²) in [5, 5.41) is 23.9. The van der Waals surface area contributed by atoms with Crippen molar-refractivity contribution in [3.63, 3.8) is 0 Å². The van der Waals surface area contributed by atoms with Gasteiger partial charge in [0.15, 0.2) is 0 Å². The predicted molar refractivity (Wildman–Crippen MR) is 68.9 cm³/mol. The lowest BCUT2D eigenvalue weighted by Gasteiger charge is -2.16. The van der Waals surface area contributed by atoms with Crippen molar-refractivity contribution in [2.75, 3.05) is 11.9 Å². The van der Waals surface area contributed by atoms with E-state index in [1.54, 1.807) is 6.07 Å². The van der Waals surface area contributed by atoms with Crippen molar-refractivity contribution in [3.05, 3.63) is 34.6 Å². The number of nitro benzene ring substituents is 1. The molecular weight excluding hydrogens is 248 g/mol. The number of anilines is 1. The monoisotopic (exact) mass is 260 g/mol. The molecule has 2 N–H and O–H groups in total. The van der Waals surface area contributed by atoms with Crippen molar-refractivity contribution in [1.82, 2.24) is 9.97 Å². The molecule has 1 aliphatic carbocycles. The molecule has 1 heterocycles. The zero-order valence-electron chi connectivity index (χ0n) is 10.0. The third kappa shape index (κ3) is 2.08. The van der Waals surface area contributed by atoms with E-state index in [9.17, 15) is 15.2 Å². The average molecular weight is 260 g/mol. The first-order valence-corrected chi connectivity index (χ1v) is 5.92. The second-order valence-electron chi connectivity index (χ2n) is 4.74. The molecular formula is C12H12N4O3. The molecule has 0 aliphatic heterocycles. The van der Waals surface area contributed by atoms with Crippen LogP contribution in [0.1, 0.15) is 12.8 Å². The summed E-state index contributed by atoms with van der Waals surface area (Å²) in [7, 11) is 0. The number of nitrogens with zero attached hydrogens (tertiary/aromatic N) is 3. The summed E-state index contributed by atoms with van der Waals surface area (Å²) >= 11 is 0. The van der Waals surface area contributed by atoms with Crippen molar-refractivity contribution in [3.8, 4) is 0 Å². The predicted octanol–water partition coefficient (Wildman–Crippen LogP) is 1.47. The third-order valence-corrected chi connectivity index (χ3v) is 3.37. The van der Waals surface area contributed by atoms with Crippen LogP contribution in [0.5, 0.6) is 0 Å². The molecule has 1 saturated carbocycles. The van der Waals surface area contributed by atoms with Crippen LogP contribution in [-0.4, -0.2) is 32.1 Å². The zero-order chi connectivity index (χ0) is 13.5. The van der Waals surface area contributed by atoms with Gasteiger partial charge >= 0.3 is 0 Å². The normalized spacial score (nSPS) is 16.3. The second kappa shape index (κ2) is 4.13. The molecule has 1 aromatic heterocycles. The van der Waals surface area contributed by atoms with Crippen molar-refractivity contribution >= 4 is 22.4 Å². The van der Waals surface area contributed by atoms with E-state index in [-0.39, 0.29) is 17.8 Å². The molecule has 0 saturated heterocycles. The van der Waals surface area contributed by atoms with Gasteiger partial charge in [0.25, 0.3) is 5.69 Å². The van der Waals surface area contributed by atoms with Crippen LogP contribution in [0.4, 0.5) is 11.5 Å². The Morgan fingerprint density at radius 2 is 2.21 bits per heavy atom. The van der Waals surface area contributed by atoms with Gasteiger partial charge in [-0.05, 0) is 18.9 Å². The fourth-order valence-corrected chi connectivity index (χ4v) is 1.98. The lowest BCUT2D eigenvalue weighted by Crippen LogP contribution is -2.26. The number of nitro groups is 1. The van der Waals surface area contributed by atoms with Gasteiger partial charge in [-0.1, -0.05) is 0 Å². The number of nitrogens with one attached hydrogen (secondary N) is 1. The Bertz CT molecular complexity index is 654. The molecule has 0 amide bonds. The van der Waals surface area contributed by atoms with Crippen molar-refractivity contribution < 1.29 is 10.0 Å². The highest BCUT2D eigenvalue weighted by Crippen LogP contribution is 2.39. The Hall–Kier alpha value is -2.28. The molecule has 0 atom stereocenters. The lowest BCUT2D eigenvalue weighted by atomic mass is 10.2. The minimum absolute atomic E-state index is 0.000745. The molecule has 0 bridgehead atoms. The maximum atomic E-state index is 10.8. The van der Waals surface area contributed by atoms with Gasteiger partial charge < -0.3 is 10.4 Å². The van der Waals surface area contributed by atoms with Crippen LogP contribution in [0.25, 0.3) is 10.9 Å². The minimum atomic E-state index is -0.449. The zero-order valence-corrected chi connectivity index (χ0v) is 10.0. The van der Waals surface area contributed by atoms with E-state index in [1.165, 1.54) is 18.5 Å². The Balaban J connectivity index is 2.07. The van der Waals surface area contributed by atoms with Crippen LogP contribution in [0.15, 0.2) is 24.5 Å². The minimum Gasteiger partial charge on any atom is -0.394 e. The first-order valence-electron chi connectivity index (χ1n) is 5.92. The fourth-order valence-electron chi connectivity index (χ4n) is 1.98. The maximum Gasteiger partial charge on any atom is 0.270 e. The van der Waals surface area contributed by atoms with Crippen LogP contribution >= 0.6 is 0 Å². The number of fused-ring (bicyclic) bond motifs is 1. The highest BCUT2D eigenvalue weighted by Gasteiger charge is 2.42. The summed E-state index contributed by atoms with van der Waals surface area (Å²) in [5.41, 5.74) is 0.308. The largest absolute Gasteiger partial charge is 0.394 e. The Kier molecular flexibility index (Phi) is 2.56. The summed E-state index contributed by atoms with van der Waals surface area (Å²) in [6.07, 6.45) is 3.14. The highest BCUT2D eigenvalue weighted by atomic mass is 16.6. The van der Waals surface area contributed by atoms with Gasteiger partial charge in [-0.25, -0.2) is 9.97 Å². The maximum absolute atomic E-state index is 10.8. The van der Waals surface area contributed by atoms with Crippen molar-refractivity contribution in [2.45, 2.75) is 18.4 Å². The van der Waals surface area contributed by atoms with Crippen LogP contribution in [0.2, 0.25) is 0 Å². The van der Waals surface area contributed by atoms with E-state index >= 15 is 0 Å². The summed E-state index contributed by atoms with van der Waals surface area (Å²) in [4.78, 5) is 18.6. The summed E-state index contributed by atoms with van der Waals surface area (Å²) in [6, 6.07) is 4.46. The van der Waals surface area contributed by atoms with Gasteiger partial charge in [0.05, 0.1) is 22.6 Å². The molecule has 3 rings (SSSR count). The van der Waals surface area contributed by atoms with E-state index in [0.29, 0.717) is 16.7 Å². The molecule has 7 heteroatoms. The van der Waals surface area contributed by atoms with E-state index in [0.717, 1.165) is 12.8 Å². The van der Waals surface area contributed by atoms with Crippen molar-refractivity contribution in [1.29, 1.82) is 0 Å². The Morgan fingerprint density at radius 3 is 2.84 bits per heavy atom. The molecule has 0 spiro atoms. The van der Waals surface area contributed by atoms with Crippen LogP contribution in [-0.2, 0) is 0 Å². The first-order chi connectivity index (χ1) is 9.13. The number of non-ortho nitro benzene ring substituents is 1. The lowest BCUT2D eigenvalue weighted by molar-refractivity contribution is -0.384. The number of benzene rings is 1. The van der Waals surface area contributed by atoms with Gasteiger partial charge in [-0.15, -0.1) is 0 Å². The van der Waals surface area contributed by atoms with Gasteiger partial charge in [0.1, 0.15) is 12.1 Å². The van der Waals surface area contributed by atoms with E-state index in [2.05, 4.69) is 15.3 Å². The number of hydrogen-bond donors (Lipinski definition) is 2. The highest BCUT2D eigenvalue weighted by molar-refractivity contribution is 5.90. The summed E-state index contributed by atoms with van der Waals surface area (Å²) < 4.78 is 0. The Morgan fingerprint density at radius 1 is 1.42 bits per heavy atom. The quantitative estimate of drug-likeness (QED) is 0.637. The number of aliphatic hydroxyl groups excluding tert-OH is 1. The second-order valence-corrected chi connectivity index (χ2v) is 4.74. The standard InChI is InChI=1S/C12H12N4O3/c17-6-12(3-4-12)15-11-9-5-8(16(18)19)1-2-10(9)13-7-14-11/h1-2,5,7,17H,3-4,6H2,(H,13,14,15). The topological polar surface area (TPSA) is 101 Å².